The van der Waals surface area contributed by atoms with Crippen molar-refractivity contribution in [2.24, 2.45) is 0 Å². The number of hydrogen-bond donors (Lipinski definition) is 0. The first-order valence-corrected chi connectivity index (χ1v) is 12.6. The van der Waals surface area contributed by atoms with E-state index in [1.807, 2.05) is 31.2 Å². The molecule has 0 saturated heterocycles. The van der Waals surface area contributed by atoms with E-state index < -0.39 is 0 Å². The van der Waals surface area contributed by atoms with Gasteiger partial charge in [-0.3, -0.25) is 0 Å². The molecule has 0 aliphatic carbocycles. The first-order chi connectivity index (χ1) is 18.5. The average molecular weight is 495 g/mol. The molecule has 3 aliphatic rings. The summed E-state index contributed by atoms with van der Waals surface area (Å²) in [5.41, 5.74) is 9.19. The summed E-state index contributed by atoms with van der Waals surface area (Å²) in [5, 5.41) is 9.33. The van der Waals surface area contributed by atoms with Gasteiger partial charge in [-0.15, -0.1) is 0 Å². The molecule has 3 aromatic rings. The molecule has 3 aliphatic heterocycles. The van der Waals surface area contributed by atoms with Crippen LogP contribution in [-0.4, -0.2) is 0 Å². The second-order valence-electron chi connectivity index (χ2n) is 9.54. The van der Waals surface area contributed by atoms with Gasteiger partial charge in [0.15, 0.2) is 0 Å². The van der Waals surface area contributed by atoms with Gasteiger partial charge in [-0.05, 0) is 85.5 Å². The van der Waals surface area contributed by atoms with E-state index >= 15 is 0 Å². The standard InChI is InChI=1S/C34H26N2O2/c1-22-16-29(20-30-18-27(23(2)21-35)17-24(3)37-30)38-34-19-28(14-15-31(22)34)36-32-10-6-4-8-25(32)12-13-26-9-5-7-11-33(26)36/h4-20H,1-3H3. The van der Waals surface area contributed by atoms with Crippen LogP contribution in [0, 0.1) is 11.3 Å². The molecule has 0 N–H and O–H groups in total. The molecule has 184 valence electrons. The highest BCUT2D eigenvalue weighted by Gasteiger charge is 2.23. The first kappa shape index (κ1) is 23.4. The zero-order chi connectivity index (χ0) is 26.2. The summed E-state index contributed by atoms with van der Waals surface area (Å²) in [6.45, 7) is 5.77. The van der Waals surface area contributed by atoms with Crippen LogP contribution < -0.4 is 9.64 Å². The van der Waals surface area contributed by atoms with Crippen molar-refractivity contribution in [1.82, 2.24) is 0 Å². The third-order valence-electron chi connectivity index (χ3n) is 6.85. The molecule has 0 radical (unpaired) electrons. The van der Waals surface area contributed by atoms with E-state index in [2.05, 4.69) is 96.8 Å². The van der Waals surface area contributed by atoms with Gasteiger partial charge in [-0.1, -0.05) is 48.6 Å². The topological polar surface area (TPSA) is 45.5 Å². The summed E-state index contributed by atoms with van der Waals surface area (Å²) >= 11 is 0. The molecular formula is C34H26N2O2. The lowest BCUT2D eigenvalue weighted by atomic mass is 10.0. The Morgan fingerprint density at radius 1 is 0.842 bits per heavy atom. The van der Waals surface area contributed by atoms with Crippen molar-refractivity contribution in [2.75, 3.05) is 4.90 Å². The second kappa shape index (κ2) is 9.46. The maximum absolute atomic E-state index is 9.33. The Labute approximate surface area is 223 Å². The number of hydrogen-bond acceptors (Lipinski definition) is 4. The zero-order valence-electron chi connectivity index (χ0n) is 21.5. The first-order valence-electron chi connectivity index (χ1n) is 12.6. The Morgan fingerprint density at radius 3 is 2.21 bits per heavy atom. The van der Waals surface area contributed by atoms with Crippen molar-refractivity contribution in [3.05, 3.63) is 136 Å². The van der Waals surface area contributed by atoms with E-state index in [9.17, 15) is 5.26 Å². The van der Waals surface area contributed by atoms with Crippen molar-refractivity contribution in [1.29, 1.82) is 5.26 Å². The third-order valence-corrected chi connectivity index (χ3v) is 6.85. The quantitative estimate of drug-likeness (QED) is 0.261. The molecule has 0 unspecified atom stereocenters. The summed E-state index contributed by atoms with van der Waals surface area (Å²) in [6.07, 6.45) is 12.0. The Morgan fingerprint density at radius 2 is 1.53 bits per heavy atom. The maximum atomic E-state index is 9.33. The van der Waals surface area contributed by atoms with Gasteiger partial charge >= 0.3 is 0 Å². The maximum Gasteiger partial charge on any atom is 0.137 e. The Bertz CT molecular complexity index is 1660. The summed E-state index contributed by atoms with van der Waals surface area (Å²) in [7, 11) is 0. The largest absolute Gasteiger partial charge is 0.462 e. The van der Waals surface area contributed by atoms with E-state index in [1.165, 1.54) is 0 Å². The number of benzene rings is 3. The highest BCUT2D eigenvalue weighted by molar-refractivity contribution is 5.93. The van der Waals surface area contributed by atoms with Gasteiger partial charge in [-0.2, -0.15) is 5.26 Å². The molecule has 6 rings (SSSR count). The molecule has 3 aromatic carbocycles. The minimum absolute atomic E-state index is 0.634. The molecule has 0 bridgehead atoms. The van der Waals surface area contributed by atoms with Gasteiger partial charge in [0, 0.05) is 29.0 Å². The number of anilines is 3. The normalized spacial score (nSPS) is 17.9. The van der Waals surface area contributed by atoms with Gasteiger partial charge in [-0.25, -0.2) is 0 Å². The predicted molar refractivity (Wildman–Crippen MR) is 154 cm³/mol. The van der Waals surface area contributed by atoms with E-state index in [0.29, 0.717) is 17.1 Å². The van der Waals surface area contributed by atoms with Crippen LogP contribution >= 0.6 is 0 Å². The molecule has 4 heteroatoms. The van der Waals surface area contributed by atoms with E-state index in [-0.39, 0.29) is 0 Å². The molecule has 0 amide bonds. The molecule has 0 saturated carbocycles. The average Bonchev–Trinajstić information content (AvgIpc) is 3.09. The lowest BCUT2D eigenvalue weighted by Gasteiger charge is -2.28. The van der Waals surface area contributed by atoms with Crippen molar-refractivity contribution in [3.8, 4) is 11.8 Å². The van der Waals surface area contributed by atoms with Crippen LogP contribution in [0.2, 0.25) is 0 Å². The minimum Gasteiger partial charge on any atom is -0.462 e. The Hall–Kier alpha value is -5.01. The summed E-state index contributed by atoms with van der Waals surface area (Å²) < 4.78 is 12.3. The van der Waals surface area contributed by atoms with Gasteiger partial charge in [0.05, 0.1) is 17.4 Å². The zero-order valence-corrected chi connectivity index (χ0v) is 21.5. The minimum atomic E-state index is 0.634. The summed E-state index contributed by atoms with van der Waals surface area (Å²) in [6, 6.07) is 25.4. The van der Waals surface area contributed by atoms with E-state index in [1.54, 1.807) is 6.92 Å². The fourth-order valence-electron chi connectivity index (χ4n) is 4.98. The fourth-order valence-corrected chi connectivity index (χ4v) is 4.98. The Balaban J connectivity index is 1.41. The van der Waals surface area contributed by atoms with Crippen LogP contribution in [0.4, 0.5) is 17.1 Å². The van der Waals surface area contributed by atoms with Crippen LogP contribution in [-0.2, 0) is 4.74 Å². The molecule has 0 atom stereocenters. The van der Waals surface area contributed by atoms with Crippen LogP contribution in [0.1, 0.15) is 37.5 Å². The fraction of sp³-hybridized carbons (Fsp3) is 0.0882. The molecule has 4 nitrogen and oxygen atoms in total. The Kier molecular flexibility index (Phi) is 5.82. The molecular weight excluding hydrogens is 468 g/mol. The van der Waals surface area contributed by atoms with Gasteiger partial charge in [0.25, 0.3) is 0 Å². The smallest absolute Gasteiger partial charge is 0.137 e. The van der Waals surface area contributed by atoms with Crippen LogP contribution in [0.3, 0.4) is 0 Å². The van der Waals surface area contributed by atoms with E-state index in [4.69, 9.17) is 9.47 Å². The lowest BCUT2D eigenvalue weighted by Crippen LogP contribution is -2.12. The number of nitrogens with zero attached hydrogens (tertiary/aromatic N) is 2. The SMILES string of the molecule is CC1=CC(=C(C)C#N)C=C(C=C2C=C(C)c3ccc(N4c5ccccc5C=Cc5ccccc54)cc3O2)O1. The number of nitriles is 1. The summed E-state index contributed by atoms with van der Waals surface area (Å²) in [4.78, 5) is 2.29. The molecule has 0 fully saturated rings. The third kappa shape index (κ3) is 4.25. The highest BCUT2D eigenvalue weighted by Crippen LogP contribution is 2.45. The number of para-hydroxylation sites is 2. The van der Waals surface area contributed by atoms with Gasteiger partial charge < -0.3 is 14.4 Å². The van der Waals surface area contributed by atoms with Gasteiger partial charge in [0.1, 0.15) is 23.0 Å². The van der Waals surface area contributed by atoms with E-state index in [0.717, 1.165) is 56.4 Å². The van der Waals surface area contributed by atoms with Gasteiger partial charge in [0.2, 0.25) is 0 Å². The van der Waals surface area contributed by atoms with Crippen molar-refractivity contribution in [3.63, 3.8) is 0 Å². The predicted octanol–water partition coefficient (Wildman–Crippen LogP) is 8.98. The van der Waals surface area contributed by atoms with Crippen LogP contribution in [0.15, 0.2) is 119 Å². The number of fused-ring (bicyclic) bond motifs is 3. The van der Waals surface area contributed by atoms with Crippen molar-refractivity contribution in [2.45, 2.75) is 20.8 Å². The van der Waals surface area contributed by atoms with Crippen molar-refractivity contribution >= 4 is 34.8 Å². The molecule has 0 aromatic heterocycles. The second-order valence-corrected chi connectivity index (χ2v) is 9.54. The van der Waals surface area contributed by atoms with Crippen LogP contribution in [0.25, 0.3) is 17.7 Å². The monoisotopic (exact) mass is 494 g/mol. The van der Waals surface area contributed by atoms with Crippen LogP contribution in [0.5, 0.6) is 5.75 Å². The number of ether oxygens (including phenoxy) is 2. The number of allylic oxidation sites excluding steroid dienone is 8. The molecule has 0 spiro atoms. The lowest BCUT2D eigenvalue weighted by molar-refractivity contribution is 0.313. The molecule has 3 heterocycles. The molecule has 38 heavy (non-hydrogen) atoms. The summed E-state index contributed by atoms with van der Waals surface area (Å²) in [5.74, 6) is 2.83. The number of rotatable bonds is 2. The highest BCUT2D eigenvalue weighted by atomic mass is 16.5. The van der Waals surface area contributed by atoms with Crippen molar-refractivity contribution < 1.29 is 9.47 Å².